The molecule has 1 fully saturated rings. The minimum absolute atomic E-state index is 0.0874. The zero-order chi connectivity index (χ0) is 15.6. The molecule has 2 rings (SSSR count). The van der Waals surface area contributed by atoms with Gasteiger partial charge in [-0.05, 0) is 44.0 Å². The maximum absolute atomic E-state index is 12.3. The van der Waals surface area contributed by atoms with E-state index in [1.807, 2.05) is 0 Å². The molecule has 1 aromatic rings. The maximum atomic E-state index is 12.3. The van der Waals surface area contributed by atoms with E-state index < -0.39 is 10.0 Å². The van der Waals surface area contributed by atoms with Gasteiger partial charge in [0, 0.05) is 31.2 Å². The van der Waals surface area contributed by atoms with Crippen LogP contribution in [0.2, 0.25) is 0 Å². The first-order chi connectivity index (χ1) is 9.79. The smallest absolute Gasteiger partial charge is 0.240 e. The van der Waals surface area contributed by atoms with Crippen molar-refractivity contribution in [2.45, 2.75) is 37.6 Å². The second-order valence-corrected chi connectivity index (χ2v) is 7.20. The van der Waals surface area contributed by atoms with Gasteiger partial charge in [-0.25, -0.2) is 13.1 Å². The van der Waals surface area contributed by atoms with Crippen LogP contribution in [0.4, 0.5) is 5.69 Å². The van der Waals surface area contributed by atoms with Gasteiger partial charge in [0.15, 0.2) is 0 Å². The molecule has 0 radical (unpaired) electrons. The Bertz CT molecular complexity index is 643. The quantitative estimate of drug-likeness (QED) is 0.789. The number of carbonyl (C=O) groups excluding carboxylic acids is 1. The number of rotatable bonds is 5. The monoisotopic (exact) mass is 311 g/mol. The molecule has 0 saturated carbocycles. The third-order valence-corrected chi connectivity index (χ3v) is 5.16. The van der Waals surface area contributed by atoms with Crippen molar-refractivity contribution in [3.05, 3.63) is 23.8 Å². The van der Waals surface area contributed by atoms with Crippen molar-refractivity contribution >= 4 is 21.6 Å². The van der Waals surface area contributed by atoms with Crippen molar-refractivity contribution in [2.75, 3.05) is 18.8 Å². The Morgan fingerprint density at radius 3 is 2.71 bits per heavy atom. The van der Waals surface area contributed by atoms with Gasteiger partial charge in [0.05, 0.1) is 4.90 Å². The van der Waals surface area contributed by atoms with Crippen molar-refractivity contribution in [3.8, 4) is 0 Å². The molecule has 1 unspecified atom stereocenters. The van der Waals surface area contributed by atoms with Crippen molar-refractivity contribution < 1.29 is 13.2 Å². The van der Waals surface area contributed by atoms with Gasteiger partial charge >= 0.3 is 0 Å². The molecule has 1 aromatic carbocycles. The van der Waals surface area contributed by atoms with Crippen LogP contribution >= 0.6 is 0 Å². The first kappa shape index (κ1) is 15.8. The lowest BCUT2D eigenvalue weighted by Gasteiger charge is -2.21. The second kappa shape index (κ2) is 6.03. The zero-order valence-electron chi connectivity index (χ0n) is 12.3. The summed E-state index contributed by atoms with van der Waals surface area (Å²) in [6.07, 6.45) is 1.39. The normalized spacial score (nSPS) is 17.2. The molecule has 1 aliphatic rings. The average Bonchev–Trinajstić information content (AvgIpc) is 2.77. The molecule has 116 valence electrons. The molecule has 0 aliphatic carbocycles. The summed E-state index contributed by atoms with van der Waals surface area (Å²) in [6, 6.07) is 4.28. The van der Waals surface area contributed by atoms with E-state index >= 15 is 0 Å². The maximum Gasteiger partial charge on any atom is 0.240 e. The third-order valence-electron chi connectivity index (χ3n) is 3.57. The number of anilines is 1. The zero-order valence-corrected chi connectivity index (χ0v) is 13.1. The molecule has 0 aromatic heterocycles. The number of hydrogen-bond donors (Lipinski definition) is 2. The standard InChI is InChI=1S/C14H21N3O3S/c1-10-8-12(5-6-13(10)15)21(19,20)16-11(2)9-17-7-3-4-14(17)18/h5-6,8,11,16H,3-4,7,9,15H2,1-2H3. The fourth-order valence-corrected chi connectivity index (χ4v) is 3.73. The highest BCUT2D eigenvalue weighted by Crippen LogP contribution is 2.17. The van der Waals surface area contributed by atoms with Crippen molar-refractivity contribution in [1.82, 2.24) is 9.62 Å². The van der Waals surface area contributed by atoms with Gasteiger partial charge in [0.25, 0.3) is 0 Å². The van der Waals surface area contributed by atoms with Crippen LogP contribution in [-0.2, 0) is 14.8 Å². The van der Waals surface area contributed by atoms with Gasteiger partial charge in [-0.3, -0.25) is 4.79 Å². The fraction of sp³-hybridized carbons (Fsp3) is 0.500. The summed E-state index contributed by atoms with van der Waals surface area (Å²) in [5, 5.41) is 0. The molecule has 7 heteroatoms. The van der Waals surface area contributed by atoms with Crippen LogP contribution in [0.15, 0.2) is 23.1 Å². The van der Waals surface area contributed by atoms with Crippen LogP contribution in [0, 0.1) is 6.92 Å². The number of carbonyl (C=O) groups is 1. The van der Waals surface area contributed by atoms with Gasteiger partial charge < -0.3 is 10.6 Å². The molecule has 0 bridgehead atoms. The van der Waals surface area contributed by atoms with Crippen molar-refractivity contribution in [3.63, 3.8) is 0 Å². The molecule has 0 spiro atoms. The van der Waals surface area contributed by atoms with Crippen molar-refractivity contribution in [1.29, 1.82) is 0 Å². The Kier molecular flexibility index (Phi) is 4.53. The molecule has 1 aliphatic heterocycles. The summed E-state index contributed by atoms with van der Waals surface area (Å²) < 4.78 is 27.2. The average molecular weight is 311 g/mol. The summed E-state index contributed by atoms with van der Waals surface area (Å²) in [6.45, 7) is 4.62. The van der Waals surface area contributed by atoms with Gasteiger partial charge in [-0.2, -0.15) is 0 Å². The van der Waals surface area contributed by atoms with Gasteiger partial charge in [0.1, 0.15) is 0 Å². The Hall–Kier alpha value is -1.60. The van der Waals surface area contributed by atoms with Crippen LogP contribution in [0.25, 0.3) is 0 Å². The van der Waals surface area contributed by atoms with Gasteiger partial charge in [-0.1, -0.05) is 0 Å². The highest BCUT2D eigenvalue weighted by atomic mass is 32.2. The lowest BCUT2D eigenvalue weighted by molar-refractivity contribution is -0.127. The number of aryl methyl sites for hydroxylation is 1. The summed E-state index contributed by atoms with van der Waals surface area (Å²) in [5.41, 5.74) is 6.98. The molecule has 1 saturated heterocycles. The number of amides is 1. The molecule has 6 nitrogen and oxygen atoms in total. The molecule has 1 atom stereocenters. The number of nitrogens with two attached hydrogens (primary N) is 1. The summed E-state index contributed by atoms with van der Waals surface area (Å²) in [5.74, 6) is 0.0874. The first-order valence-electron chi connectivity index (χ1n) is 6.96. The SMILES string of the molecule is Cc1cc(S(=O)(=O)NC(C)CN2CCCC2=O)ccc1N. The highest BCUT2D eigenvalue weighted by molar-refractivity contribution is 7.89. The van der Waals surface area contributed by atoms with E-state index in [9.17, 15) is 13.2 Å². The fourth-order valence-electron chi connectivity index (χ4n) is 2.41. The van der Waals surface area contributed by atoms with Crippen molar-refractivity contribution in [2.24, 2.45) is 0 Å². The van der Waals surface area contributed by atoms with E-state index in [0.717, 1.165) is 12.0 Å². The Balaban J connectivity index is 2.06. The lowest BCUT2D eigenvalue weighted by Crippen LogP contribution is -2.42. The summed E-state index contributed by atoms with van der Waals surface area (Å²) in [7, 11) is -3.60. The second-order valence-electron chi connectivity index (χ2n) is 5.48. The van der Waals surface area contributed by atoms with Crippen LogP contribution in [0.5, 0.6) is 0 Å². The largest absolute Gasteiger partial charge is 0.399 e. The van der Waals surface area contributed by atoms with E-state index in [1.54, 1.807) is 30.9 Å². The molecule has 1 heterocycles. The molecule has 3 N–H and O–H groups in total. The Morgan fingerprint density at radius 2 is 2.14 bits per heavy atom. The van der Waals surface area contributed by atoms with E-state index in [4.69, 9.17) is 5.73 Å². The van der Waals surface area contributed by atoms with Crippen LogP contribution in [0.1, 0.15) is 25.3 Å². The first-order valence-corrected chi connectivity index (χ1v) is 8.44. The van der Waals surface area contributed by atoms with E-state index in [1.165, 1.54) is 6.07 Å². The number of nitrogens with one attached hydrogen (secondary N) is 1. The topological polar surface area (TPSA) is 92.5 Å². The molecule has 1 amide bonds. The van der Waals surface area contributed by atoms with E-state index in [2.05, 4.69) is 4.72 Å². The van der Waals surface area contributed by atoms with Gasteiger partial charge in [-0.15, -0.1) is 0 Å². The third kappa shape index (κ3) is 3.74. The predicted octanol–water partition coefficient (Wildman–Crippen LogP) is 0.866. The van der Waals surface area contributed by atoms with E-state index in [-0.39, 0.29) is 16.8 Å². The highest BCUT2D eigenvalue weighted by Gasteiger charge is 2.24. The molecule has 21 heavy (non-hydrogen) atoms. The lowest BCUT2D eigenvalue weighted by atomic mass is 10.2. The Labute approximate surface area is 125 Å². The van der Waals surface area contributed by atoms with Crippen LogP contribution in [-0.4, -0.2) is 38.4 Å². The van der Waals surface area contributed by atoms with Crippen LogP contribution in [0.3, 0.4) is 0 Å². The number of sulfonamides is 1. The number of likely N-dealkylation sites (tertiary alicyclic amines) is 1. The van der Waals surface area contributed by atoms with Gasteiger partial charge in [0.2, 0.25) is 15.9 Å². The Morgan fingerprint density at radius 1 is 1.43 bits per heavy atom. The minimum Gasteiger partial charge on any atom is -0.399 e. The molecular weight excluding hydrogens is 290 g/mol. The summed E-state index contributed by atoms with van der Waals surface area (Å²) in [4.78, 5) is 13.4. The summed E-state index contributed by atoms with van der Waals surface area (Å²) >= 11 is 0. The minimum atomic E-state index is -3.60. The number of hydrogen-bond acceptors (Lipinski definition) is 4. The number of nitrogens with zero attached hydrogens (tertiary/aromatic N) is 1. The molecular formula is C14H21N3O3S. The number of benzene rings is 1. The van der Waals surface area contributed by atoms with E-state index in [0.29, 0.717) is 25.2 Å². The van der Waals surface area contributed by atoms with Crippen LogP contribution < -0.4 is 10.5 Å². The predicted molar refractivity (Wildman–Crippen MR) is 81.2 cm³/mol. The number of nitrogen functional groups attached to an aromatic ring is 1.